The average Bonchev–Trinajstić information content (AvgIpc) is 2.28. The highest BCUT2D eigenvalue weighted by molar-refractivity contribution is 6.30. The summed E-state index contributed by atoms with van der Waals surface area (Å²) < 4.78 is 29.9. The first-order valence-corrected chi connectivity index (χ1v) is 5.10. The summed E-state index contributed by atoms with van der Waals surface area (Å²) >= 11 is 5.73. The Hall–Kier alpha value is -1.27. The number of alkyl halides is 2. The van der Waals surface area contributed by atoms with E-state index >= 15 is 0 Å². The van der Waals surface area contributed by atoms with E-state index in [4.69, 9.17) is 17.3 Å². The Labute approximate surface area is 102 Å². The number of aromatic nitrogens is 1. The normalized spacial score (nSPS) is 10.7. The van der Waals surface area contributed by atoms with Gasteiger partial charge in [-0.3, -0.25) is 4.79 Å². The fraction of sp³-hybridized carbons (Fsp3) is 0.400. The van der Waals surface area contributed by atoms with Crippen molar-refractivity contribution in [3.05, 3.63) is 28.0 Å². The molecular formula is C10H11ClF2N2O2. The first kappa shape index (κ1) is 13.8. The summed E-state index contributed by atoms with van der Waals surface area (Å²) in [5, 5.41) is -0.107. The van der Waals surface area contributed by atoms with Crippen LogP contribution in [0, 0.1) is 0 Å². The third-order valence-corrected chi connectivity index (χ3v) is 2.47. The van der Waals surface area contributed by atoms with Crippen molar-refractivity contribution in [2.75, 3.05) is 7.11 Å². The number of ether oxygens (including phenoxy) is 1. The number of pyridine rings is 1. The summed E-state index contributed by atoms with van der Waals surface area (Å²) in [5.41, 5.74) is 5.24. The quantitative estimate of drug-likeness (QED) is 0.666. The number of nitrogens with zero attached hydrogens (tertiary/aromatic N) is 1. The van der Waals surface area contributed by atoms with Crippen molar-refractivity contribution >= 4 is 17.6 Å². The molecule has 1 heterocycles. The Bertz CT molecular complexity index is 427. The van der Waals surface area contributed by atoms with Crippen molar-refractivity contribution in [1.29, 1.82) is 0 Å². The second-order valence-electron chi connectivity index (χ2n) is 3.23. The maximum atomic E-state index is 12.7. The van der Waals surface area contributed by atoms with E-state index in [9.17, 15) is 13.6 Å². The second kappa shape index (κ2) is 5.88. The summed E-state index contributed by atoms with van der Waals surface area (Å²) in [4.78, 5) is 14.8. The van der Waals surface area contributed by atoms with E-state index in [-0.39, 0.29) is 34.9 Å². The molecule has 1 aromatic heterocycles. The van der Waals surface area contributed by atoms with Crippen molar-refractivity contribution in [2.24, 2.45) is 5.73 Å². The molecule has 4 nitrogen and oxygen atoms in total. The molecule has 0 aliphatic rings. The molecule has 0 saturated carbocycles. The van der Waals surface area contributed by atoms with Crippen LogP contribution < -0.4 is 5.73 Å². The fourth-order valence-corrected chi connectivity index (χ4v) is 1.61. The van der Waals surface area contributed by atoms with Crippen LogP contribution in [0.5, 0.6) is 0 Å². The highest BCUT2D eigenvalue weighted by atomic mass is 35.5. The first-order valence-electron chi connectivity index (χ1n) is 4.72. The second-order valence-corrected chi connectivity index (χ2v) is 3.59. The Morgan fingerprint density at radius 3 is 2.76 bits per heavy atom. The minimum absolute atomic E-state index is 0.0929. The summed E-state index contributed by atoms with van der Waals surface area (Å²) in [6.45, 7) is -0.135. The molecule has 0 saturated heterocycles. The van der Waals surface area contributed by atoms with Gasteiger partial charge < -0.3 is 10.5 Å². The lowest BCUT2D eigenvalue weighted by Gasteiger charge is -2.10. The standard InChI is InChI=1S/C10H11ClF2N2O2/c1-17-8(16)3-5-2-6(10(12)13)7(4-14)9(11)15-5/h2,10H,3-4,14H2,1H3. The van der Waals surface area contributed by atoms with E-state index in [0.717, 1.165) is 6.07 Å². The van der Waals surface area contributed by atoms with Crippen molar-refractivity contribution < 1.29 is 18.3 Å². The zero-order chi connectivity index (χ0) is 13.0. The molecule has 1 aromatic rings. The number of carbonyl (C=O) groups is 1. The Kier molecular flexibility index (Phi) is 4.77. The van der Waals surface area contributed by atoms with Gasteiger partial charge in [-0.15, -0.1) is 0 Å². The lowest BCUT2D eigenvalue weighted by atomic mass is 10.1. The molecule has 7 heteroatoms. The lowest BCUT2D eigenvalue weighted by Crippen LogP contribution is -2.10. The average molecular weight is 265 g/mol. The number of methoxy groups -OCH3 is 1. The van der Waals surface area contributed by atoms with Crippen molar-refractivity contribution in [2.45, 2.75) is 19.4 Å². The largest absolute Gasteiger partial charge is 0.469 e. The van der Waals surface area contributed by atoms with E-state index in [1.165, 1.54) is 7.11 Å². The van der Waals surface area contributed by atoms with Gasteiger partial charge in [0.25, 0.3) is 6.43 Å². The number of esters is 1. The van der Waals surface area contributed by atoms with Gasteiger partial charge in [-0.2, -0.15) is 0 Å². The maximum absolute atomic E-state index is 12.7. The highest BCUT2D eigenvalue weighted by Gasteiger charge is 2.18. The molecule has 0 aliphatic heterocycles. The van der Waals surface area contributed by atoms with Crippen LogP contribution in [0.1, 0.15) is 23.2 Å². The smallest absolute Gasteiger partial charge is 0.311 e. The summed E-state index contributed by atoms with van der Waals surface area (Å²) in [5.74, 6) is -0.575. The molecule has 1 rings (SSSR count). The van der Waals surface area contributed by atoms with Gasteiger partial charge in [-0.1, -0.05) is 11.6 Å². The lowest BCUT2D eigenvalue weighted by molar-refractivity contribution is -0.139. The molecule has 0 bridgehead atoms. The van der Waals surface area contributed by atoms with Crippen LogP contribution in [-0.4, -0.2) is 18.1 Å². The zero-order valence-electron chi connectivity index (χ0n) is 9.04. The van der Waals surface area contributed by atoms with Gasteiger partial charge in [0.15, 0.2) is 0 Å². The highest BCUT2D eigenvalue weighted by Crippen LogP contribution is 2.28. The van der Waals surface area contributed by atoms with E-state index in [0.29, 0.717) is 0 Å². The third kappa shape index (κ3) is 3.34. The topological polar surface area (TPSA) is 65.2 Å². The molecule has 0 aromatic carbocycles. The van der Waals surface area contributed by atoms with Gasteiger partial charge in [0, 0.05) is 17.7 Å². The molecule has 0 unspecified atom stereocenters. The van der Waals surface area contributed by atoms with Gasteiger partial charge in [0.05, 0.1) is 19.2 Å². The molecule has 0 aliphatic carbocycles. The molecule has 17 heavy (non-hydrogen) atoms. The SMILES string of the molecule is COC(=O)Cc1cc(C(F)F)c(CN)c(Cl)n1. The molecule has 0 spiro atoms. The van der Waals surface area contributed by atoms with Gasteiger partial charge >= 0.3 is 5.97 Å². The van der Waals surface area contributed by atoms with Gasteiger partial charge in [-0.05, 0) is 6.07 Å². The molecule has 0 radical (unpaired) electrons. The first-order chi connectivity index (χ1) is 7.99. The molecule has 2 N–H and O–H groups in total. The molecule has 0 fully saturated rings. The van der Waals surface area contributed by atoms with Crippen LogP contribution in [-0.2, 0) is 22.5 Å². The van der Waals surface area contributed by atoms with Gasteiger partial charge in [0.1, 0.15) is 5.15 Å². The van der Waals surface area contributed by atoms with Crippen LogP contribution in [0.15, 0.2) is 6.07 Å². The predicted octanol–water partition coefficient (Wildman–Crippen LogP) is 1.85. The molecule has 0 atom stereocenters. The van der Waals surface area contributed by atoms with E-state index in [1.54, 1.807) is 0 Å². The van der Waals surface area contributed by atoms with Crippen LogP contribution >= 0.6 is 11.6 Å². The van der Waals surface area contributed by atoms with E-state index in [1.807, 2.05) is 0 Å². The number of hydrogen-bond acceptors (Lipinski definition) is 4. The van der Waals surface area contributed by atoms with Gasteiger partial charge in [0.2, 0.25) is 0 Å². The van der Waals surface area contributed by atoms with Crippen LogP contribution in [0.25, 0.3) is 0 Å². The summed E-state index contributed by atoms with van der Waals surface area (Å²) in [6, 6.07) is 1.12. The maximum Gasteiger partial charge on any atom is 0.311 e. The Morgan fingerprint density at radius 2 is 2.29 bits per heavy atom. The third-order valence-electron chi connectivity index (χ3n) is 2.15. The number of hydrogen-bond donors (Lipinski definition) is 1. The molecular weight excluding hydrogens is 254 g/mol. The monoisotopic (exact) mass is 264 g/mol. The number of halogens is 3. The Morgan fingerprint density at radius 1 is 1.65 bits per heavy atom. The minimum atomic E-state index is -2.72. The molecule has 94 valence electrons. The molecule has 0 amide bonds. The Balaban J connectivity index is 3.15. The van der Waals surface area contributed by atoms with Gasteiger partial charge in [-0.25, -0.2) is 13.8 Å². The van der Waals surface area contributed by atoms with Crippen LogP contribution in [0.4, 0.5) is 8.78 Å². The minimum Gasteiger partial charge on any atom is -0.469 e. The van der Waals surface area contributed by atoms with Crippen molar-refractivity contribution in [3.8, 4) is 0 Å². The van der Waals surface area contributed by atoms with E-state index < -0.39 is 12.4 Å². The van der Waals surface area contributed by atoms with E-state index in [2.05, 4.69) is 9.72 Å². The number of nitrogens with two attached hydrogens (primary N) is 1. The summed E-state index contributed by atoms with van der Waals surface area (Å²) in [6.07, 6.45) is -2.92. The van der Waals surface area contributed by atoms with Crippen LogP contribution in [0.3, 0.4) is 0 Å². The summed E-state index contributed by atoms with van der Waals surface area (Å²) in [7, 11) is 1.20. The number of carbonyl (C=O) groups excluding carboxylic acids is 1. The van der Waals surface area contributed by atoms with Crippen LogP contribution in [0.2, 0.25) is 5.15 Å². The fourth-order valence-electron chi connectivity index (χ4n) is 1.32. The van der Waals surface area contributed by atoms with Crippen molar-refractivity contribution in [1.82, 2.24) is 4.98 Å². The number of rotatable bonds is 4. The zero-order valence-corrected chi connectivity index (χ0v) is 9.80. The predicted molar refractivity (Wildman–Crippen MR) is 57.8 cm³/mol. The van der Waals surface area contributed by atoms with Crippen molar-refractivity contribution in [3.63, 3.8) is 0 Å².